The van der Waals surface area contributed by atoms with Crippen molar-refractivity contribution in [2.45, 2.75) is 195 Å². The SMILES string of the molecule is CC(C)(C)OOC(C)(C)C.CCCCCCCCCCCCOOCCCCCCCCCCCC. The van der Waals surface area contributed by atoms with E-state index in [-0.39, 0.29) is 11.2 Å². The Morgan fingerprint density at radius 1 is 0.333 bits per heavy atom. The van der Waals surface area contributed by atoms with Gasteiger partial charge >= 0.3 is 0 Å². The Morgan fingerprint density at radius 2 is 0.556 bits per heavy atom. The van der Waals surface area contributed by atoms with Crippen LogP contribution in [0.4, 0.5) is 0 Å². The minimum Gasteiger partial charge on any atom is -0.237 e. The van der Waals surface area contributed by atoms with Crippen LogP contribution in [0, 0.1) is 0 Å². The van der Waals surface area contributed by atoms with Crippen LogP contribution in [0.25, 0.3) is 0 Å². The maximum Gasteiger partial charge on any atom is 0.0952 e. The minimum absolute atomic E-state index is 0.215. The highest BCUT2D eigenvalue weighted by atomic mass is 17.2. The molecular formula is C32H68O4. The molecule has 0 spiro atoms. The van der Waals surface area contributed by atoms with Gasteiger partial charge < -0.3 is 0 Å². The topological polar surface area (TPSA) is 36.9 Å². The fourth-order valence-electron chi connectivity index (χ4n) is 3.66. The van der Waals surface area contributed by atoms with Gasteiger partial charge in [-0.2, -0.15) is 0 Å². The minimum atomic E-state index is -0.215. The van der Waals surface area contributed by atoms with Gasteiger partial charge in [-0.3, -0.25) is 0 Å². The van der Waals surface area contributed by atoms with Crippen LogP contribution in [-0.4, -0.2) is 24.4 Å². The summed E-state index contributed by atoms with van der Waals surface area (Å²) in [6.45, 7) is 17.8. The molecule has 0 bridgehead atoms. The van der Waals surface area contributed by atoms with Crippen molar-refractivity contribution in [3.8, 4) is 0 Å². The summed E-state index contributed by atoms with van der Waals surface area (Å²) in [7, 11) is 0. The van der Waals surface area contributed by atoms with Gasteiger partial charge in [-0.05, 0) is 54.4 Å². The van der Waals surface area contributed by atoms with Gasteiger partial charge in [0.2, 0.25) is 0 Å². The molecule has 0 unspecified atom stereocenters. The van der Waals surface area contributed by atoms with Crippen molar-refractivity contribution >= 4 is 0 Å². The van der Waals surface area contributed by atoms with Crippen LogP contribution in [0.3, 0.4) is 0 Å². The van der Waals surface area contributed by atoms with Crippen LogP contribution >= 0.6 is 0 Å². The Labute approximate surface area is 227 Å². The molecule has 0 N–H and O–H groups in total. The smallest absolute Gasteiger partial charge is 0.0952 e. The van der Waals surface area contributed by atoms with Crippen molar-refractivity contribution < 1.29 is 19.6 Å². The zero-order valence-electron chi connectivity index (χ0n) is 26.2. The molecule has 0 aliphatic heterocycles. The average Bonchev–Trinajstić information content (AvgIpc) is 2.81. The Balaban J connectivity index is 0. The summed E-state index contributed by atoms with van der Waals surface area (Å²) in [4.78, 5) is 20.8. The summed E-state index contributed by atoms with van der Waals surface area (Å²) < 4.78 is 0. The van der Waals surface area contributed by atoms with Gasteiger partial charge in [0, 0.05) is 0 Å². The number of unbranched alkanes of at least 4 members (excludes halogenated alkanes) is 18. The van der Waals surface area contributed by atoms with E-state index < -0.39 is 0 Å². The second-order valence-corrected chi connectivity index (χ2v) is 12.4. The highest BCUT2D eigenvalue weighted by Gasteiger charge is 2.18. The van der Waals surface area contributed by atoms with E-state index in [9.17, 15) is 0 Å². The van der Waals surface area contributed by atoms with Gasteiger partial charge in [-0.15, -0.1) is 0 Å². The molecular weight excluding hydrogens is 448 g/mol. The maximum atomic E-state index is 5.29. The second kappa shape index (κ2) is 27.9. The van der Waals surface area contributed by atoms with Gasteiger partial charge in [0.05, 0.1) is 24.4 Å². The van der Waals surface area contributed by atoms with E-state index >= 15 is 0 Å². The van der Waals surface area contributed by atoms with Crippen LogP contribution in [0.5, 0.6) is 0 Å². The second-order valence-electron chi connectivity index (χ2n) is 12.4. The molecule has 4 nitrogen and oxygen atoms in total. The van der Waals surface area contributed by atoms with Gasteiger partial charge in [0.1, 0.15) is 0 Å². The largest absolute Gasteiger partial charge is 0.237 e. The Kier molecular flexibility index (Phi) is 29.4. The lowest BCUT2D eigenvalue weighted by Gasteiger charge is -2.24. The van der Waals surface area contributed by atoms with Crippen molar-refractivity contribution in [2.75, 3.05) is 13.2 Å². The Morgan fingerprint density at radius 3 is 0.778 bits per heavy atom. The third kappa shape index (κ3) is 41.0. The molecule has 0 aromatic carbocycles. The third-order valence-corrected chi connectivity index (χ3v) is 5.79. The van der Waals surface area contributed by atoms with Crippen molar-refractivity contribution in [3.63, 3.8) is 0 Å². The van der Waals surface area contributed by atoms with Crippen LogP contribution in [0.1, 0.15) is 184 Å². The summed E-state index contributed by atoms with van der Waals surface area (Å²) in [5.41, 5.74) is -0.430. The lowest BCUT2D eigenvalue weighted by molar-refractivity contribution is -0.393. The molecule has 0 fully saturated rings. The fraction of sp³-hybridized carbons (Fsp3) is 1.00. The molecule has 0 saturated carbocycles. The van der Waals surface area contributed by atoms with Gasteiger partial charge in [-0.25, -0.2) is 19.6 Å². The average molecular weight is 517 g/mol. The van der Waals surface area contributed by atoms with Gasteiger partial charge in [0.15, 0.2) is 0 Å². The summed E-state index contributed by atoms with van der Waals surface area (Å²) in [5.74, 6) is 0. The Hall–Kier alpha value is -0.160. The lowest BCUT2D eigenvalue weighted by Crippen LogP contribution is -2.27. The Bertz CT molecular complexity index is 360. The molecule has 36 heavy (non-hydrogen) atoms. The number of hydrogen-bond acceptors (Lipinski definition) is 4. The van der Waals surface area contributed by atoms with Crippen molar-refractivity contribution in [2.24, 2.45) is 0 Å². The molecule has 0 radical (unpaired) electrons. The predicted molar refractivity (Wildman–Crippen MR) is 157 cm³/mol. The first-order chi connectivity index (χ1) is 17.1. The summed E-state index contributed by atoms with van der Waals surface area (Å²) in [5, 5.41) is 0. The lowest BCUT2D eigenvalue weighted by atomic mass is 10.1. The quantitative estimate of drug-likeness (QED) is 0.0726. The van der Waals surface area contributed by atoms with E-state index in [0.29, 0.717) is 0 Å². The predicted octanol–water partition coefficient (Wildman–Crippen LogP) is 11.3. The van der Waals surface area contributed by atoms with Gasteiger partial charge in [0.25, 0.3) is 0 Å². The van der Waals surface area contributed by atoms with Crippen molar-refractivity contribution in [3.05, 3.63) is 0 Å². The molecule has 0 aliphatic rings. The van der Waals surface area contributed by atoms with Gasteiger partial charge in [-0.1, -0.05) is 129 Å². The van der Waals surface area contributed by atoms with E-state index in [2.05, 4.69) is 13.8 Å². The van der Waals surface area contributed by atoms with E-state index in [1.165, 1.54) is 116 Å². The van der Waals surface area contributed by atoms with Crippen LogP contribution in [0.15, 0.2) is 0 Å². The summed E-state index contributed by atoms with van der Waals surface area (Å²) in [6, 6.07) is 0. The third-order valence-electron chi connectivity index (χ3n) is 5.79. The molecule has 0 atom stereocenters. The highest BCUT2D eigenvalue weighted by molar-refractivity contribution is 4.59. The normalized spacial score (nSPS) is 12.0. The molecule has 4 heteroatoms. The van der Waals surface area contributed by atoms with E-state index in [1.54, 1.807) is 0 Å². The molecule has 220 valence electrons. The molecule has 0 rings (SSSR count). The first-order valence-corrected chi connectivity index (χ1v) is 15.7. The molecule has 0 amide bonds. The van der Waals surface area contributed by atoms with Crippen molar-refractivity contribution in [1.29, 1.82) is 0 Å². The molecule has 0 heterocycles. The van der Waals surface area contributed by atoms with E-state index in [1.807, 2.05) is 41.5 Å². The van der Waals surface area contributed by atoms with E-state index in [0.717, 1.165) is 26.1 Å². The first kappa shape index (κ1) is 38.0. The zero-order valence-corrected chi connectivity index (χ0v) is 26.2. The molecule has 0 aromatic rings. The summed E-state index contributed by atoms with van der Waals surface area (Å²) in [6.07, 6.45) is 27.3. The standard InChI is InChI=1S/C24H50O2.C8H18O2/c1-3-5-7-9-11-13-15-17-19-21-23-25-26-24-22-20-18-16-14-12-10-8-6-4-2;1-7(2,3)9-10-8(4,5)6/h3-24H2,1-2H3;1-6H3. The molecule has 0 saturated heterocycles. The monoisotopic (exact) mass is 517 g/mol. The first-order valence-electron chi connectivity index (χ1n) is 15.7. The van der Waals surface area contributed by atoms with Crippen LogP contribution < -0.4 is 0 Å². The van der Waals surface area contributed by atoms with Crippen LogP contribution in [-0.2, 0) is 19.6 Å². The zero-order chi connectivity index (χ0) is 27.4. The summed E-state index contributed by atoms with van der Waals surface area (Å²) >= 11 is 0. The molecule has 0 aliphatic carbocycles. The number of rotatable bonds is 24. The van der Waals surface area contributed by atoms with Crippen LogP contribution in [0.2, 0.25) is 0 Å². The van der Waals surface area contributed by atoms with E-state index in [4.69, 9.17) is 19.6 Å². The highest BCUT2D eigenvalue weighted by Crippen LogP contribution is 2.15. The number of hydrogen-bond donors (Lipinski definition) is 0. The van der Waals surface area contributed by atoms with Crippen molar-refractivity contribution in [1.82, 2.24) is 0 Å². The molecule has 0 aromatic heterocycles. The fourth-order valence-corrected chi connectivity index (χ4v) is 3.66. The maximum absolute atomic E-state index is 5.29.